The Labute approximate surface area is 229 Å². The summed E-state index contributed by atoms with van der Waals surface area (Å²) in [5.41, 5.74) is 2.16. The van der Waals surface area contributed by atoms with Crippen molar-refractivity contribution in [3.8, 4) is 5.75 Å². The predicted octanol–water partition coefficient (Wildman–Crippen LogP) is 4.41. The summed E-state index contributed by atoms with van der Waals surface area (Å²) < 4.78 is 33.3. The van der Waals surface area contributed by atoms with Crippen LogP contribution in [0.15, 0.2) is 53.6 Å². The fourth-order valence-electron chi connectivity index (χ4n) is 4.21. The number of ether oxygens (including phenoxy) is 1. The molecule has 0 bridgehead atoms. The van der Waals surface area contributed by atoms with E-state index >= 15 is 0 Å². The average Bonchev–Trinajstić information content (AvgIpc) is 2.91. The summed E-state index contributed by atoms with van der Waals surface area (Å²) in [6.07, 6.45) is 2.17. The number of aromatic nitrogens is 2. The normalized spacial score (nSPS) is 14.5. The first-order valence-electron chi connectivity index (χ1n) is 12.5. The Morgan fingerprint density at radius 2 is 1.82 bits per heavy atom. The summed E-state index contributed by atoms with van der Waals surface area (Å²) >= 11 is 6.39. The Hall–Kier alpha value is -3.12. The average molecular weight is 560 g/mol. The molecule has 38 heavy (non-hydrogen) atoms. The second kappa shape index (κ2) is 12.2. The van der Waals surface area contributed by atoms with Gasteiger partial charge in [0.25, 0.3) is 0 Å². The third-order valence-corrected chi connectivity index (χ3v) is 8.60. The molecule has 0 radical (unpaired) electrons. The molecule has 2 N–H and O–H groups in total. The van der Waals surface area contributed by atoms with Gasteiger partial charge in [0.15, 0.2) is 5.82 Å². The van der Waals surface area contributed by atoms with Gasteiger partial charge < -0.3 is 25.2 Å². The number of rotatable bonds is 10. The lowest BCUT2D eigenvalue weighted by Crippen LogP contribution is -2.44. The summed E-state index contributed by atoms with van der Waals surface area (Å²) in [5, 5.41) is 6.53. The lowest BCUT2D eigenvalue weighted by molar-refractivity contribution is 0.312. The van der Waals surface area contributed by atoms with E-state index in [1.807, 2.05) is 25.1 Å². The van der Waals surface area contributed by atoms with Crippen LogP contribution < -0.4 is 20.3 Å². The minimum atomic E-state index is -3.70. The maximum absolute atomic E-state index is 13.1. The molecule has 0 atom stereocenters. The van der Waals surface area contributed by atoms with Gasteiger partial charge in [-0.05, 0) is 37.7 Å². The van der Waals surface area contributed by atoms with E-state index in [2.05, 4.69) is 37.4 Å². The quantitative estimate of drug-likeness (QED) is 0.374. The summed E-state index contributed by atoms with van der Waals surface area (Å²) in [6, 6.07) is 12.6. The van der Waals surface area contributed by atoms with Crippen LogP contribution in [0.5, 0.6) is 5.75 Å². The van der Waals surface area contributed by atoms with Gasteiger partial charge in [-0.1, -0.05) is 30.7 Å². The first-order chi connectivity index (χ1) is 18.2. The van der Waals surface area contributed by atoms with Crippen molar-refractivity contribution in [2.75, 3.05) is 69.5 Å². The van der Waals surface area contributed by atoms with Gasteiger partial charge in [-0.3, -0.25) is 0 Å². The Bertz CT molecular complexity index is 1360. The number of para-hydroxylation sites is 1. The van der Waals surface area contributed by atoms with Crippen molar-refractivity contribution in [2.45, 2.75) is 18.2 Å². The fourth-order valence-corrected chi connectivity index (χ4v) is 5.75. The smallest absolute Gasteiger partial charge is 0.244 e. The zero-order valence-electron chi connectivity index (χ0n) is 22.1. The molecule has 1 saturated heterocycles. The largest absolute Gasteiger partial charge is 0.494 e. The topological polar surface area (TPSA) is 103 Å². The standard InChI is InChI=1S/C26H34ClN7O3S/c1-5-12-33(3)38(35,36)24-9-7-6-8-22(24)29-25-20(27)18-28-26(31-25)30-21-11-10-19(17-23(21)37-4)34-15-13-32(2)14-16-34/h6-11,17-18H,5,12-16H2,1-4H3,(H2,28,29,30,31). The van der Waals surface area contributed by atoms with Crippen LogP contribution in [-0.2, 0) is 10.0 Å². The summed E-state index contributed by atoms with van der Waals surface area (Å²) in [4.78, 5) is 13.6. The maximum atomic E-state index is 13.1. The molecule has 0 saturated carbocycles. The third-order valence-electron chi connectivity index (χ3n) is 6.41. The van der Waals surface area contributed by atoms with Crippen LogP contribution in [-0.4, -0.2) is 81.5 Å². The minimum absolute atomic E-state index is 0.140. The SMILES string of the molecule is CCCN(C)S(=O)(=O)c1ccccc1Nc1nc(Nc2ccc(N3CCN(C)CC3)cc2OC)ncc1Cl. The number of anilines is 5. The van der Waals surface area contributed by atoms with E-state index in [9.17, 15) is 8.42 Å². The lowest BCUT2D eigenvalue weighted by Gasteiger charge is -2.34. The number of hydrogen-bond acceptors (Lipinski definition) is 9. The van der Waals surface area contributed by atoms with Crippen molar-refractivity contribution < 1.29 is 13.2 Å². The Balaban J connectivity index is 1.57. The molecule has 1 aliphatic heterocycles. The molecule has 4 rings (SSSR count). The van der Waals surface area contributed by atoms with Crippen molar-refractivity contribution in [1.82, 2.24) is 19.2 Å². The number of hydrogen-bond donors (Lipinski definition) is 2. The zero-order valence-corrected chi connectivity index (χ0v) is 23.7. The molecular weight excluding hydrogens is 526 g/mol. The monoisotopic (exact) mass is 559 g/mol. The van der Waals surface area contributed by atoms with E-state index in [1.165, 1.54) is 10.5 Å². The fraction of sp³-hybridized carbons (Fsp3) is 0.385. The van der Waals surface area contributed by atoms with Crippen molar-refractivity contribution in [3.05, 3.63) is 53.7 Å². The minimum Gasteiger partial charge on any atom is -0.494 e. The third kappa shape index (κ3) is 6.29. The highest BCUT2D eigenvalue weighted by Crippen LogP contribution is 2.34. The molecule has 2 aromatic carbocycles. The van der Waals surface area contributed by atoms with E-state index in [4.69, 9.17) is 16.3 Å². The number of likely N-dealkylation sites (N-methyl/N-ethyl adjacent to an activating group) is 1. The van der Waals surface area contributed by atoms with Crippen LogP contribution in [0, 0.1) is 0 Å². The second-order valence-corrected chi connectivity index (χ2v) is 11.6. The molecule has 10 nitrogen and oxygen atoms in total. The summed E-state index contributed by atoms with van der Waals surface area (Å²) in [6.45, 7) is 6.27. The molecule has 0 unspecified atom stereocenters. The van der Waals surface area contributed by atoms with Gasteiger partial charge in [-0.2, -0.15) is 4.98 Å². The first kappa shape index (κ1) is 27.9. The highest BCUT2D eigenvalue weighted by Gasteiger charge is 2.24. The zero-order chi connectivity index (χ0) is 27.3. The van der Waals surface area contributed by atoms with Crippen LogP contribution in [0.3, 0.4) is 0 Å². The number of benzene rings is 2. The number of methoxy groups -OCH3 is 1. The molecule has 12 heteroatoms. The van der Waals surface area contributed by atoms with Gasteiger partial charge in [0.2, 0.25) is 16.0 Å². The van der Waals surface area contributed by atoms with Crippen molar-refractivity contribution in [3.63, 3.8) is 0 Å². The highest BCUT2D eigenvalue weighted by molar-refractivity contribution is 7.89. The van der Waals surface area contributed by atoms with Gasteiger partial charge in [-0.15, -0.1) is 0 Å². The number of halogens is 1. The van der Waals surface area contributed by atoms with Crippen LogP contribution in [0.4, 0.5) is 28.8 Å². The Morgan fingerprint density at radius 1 is 1.08 bits per heavy atom. The molecule has 0 spiro atoms. The summed E-state index contributed by atoms with van der Waals surface area (Å²) in [7, 11) is 1.61. The number of piperazine rings is 1. The van der Waals surface area contributed by atoms with Gasteiger partial charge in [0, 0.05) is 51.5 Å². The number of sulfonamides is 1. The lowest BCUT2D eigenvalue weighted by atomic mass is 10.2. The van der Waals surface area contributed by atoms with Gasteiger partial charge in [0.1, 0.15) is 15.7 Å². The molecule has 1 aliphatic rings. The van der Waals surface area contributed by atoms with Gasteiger partial charge >= 0.3 is 0 Å². The van der Waals surface area contributed by atoms with E-state index in [-0.39, 0.29) is 21.7 Å². The molecule has 2 heterocycles. The van der Waals surface area contributed by atoms with E-state index in [0.717, 1.165) is 31.9 Å². The van der Waals surface area contributed by atoms with Crippen molar-refractivity contribution in [1.29, 1.82) is 0 Å². The Morgan fingerprint density at radius 3 is 2.53 bits per heavy atom. The molecule has 1 aromatic heterocycles. The molecule has 0 amide bonds. The van der Waals surface area contributed by atoms with Crippen molar-refractivity contribution >= 4 is 50.5 Å². The Kier molecular flexibility index (Phi) is 8.93. The second-order valence-electron chi connectivity index (χ2n) is 9.14. The first-order valence-corrected chi connectivity index (χ1v) is 14.3. The molecule has 3 aromatic rings. The van der Waals surface area contributed by atoms with Crippen LogP contribution in [0.25, 0.3) is 0 Å². The number of nitrogens with zero attached hydrogens (tertiary/aromatic N) is 5. The van der Waals surface area contributed by atoms with Crippen molar-refractivity contribution in [2.24, 2.45) is 0 Å². The predicted molar refractivity (Wildman–Crippen MR) is 153 cm³/mol. The molecule has 204 valence electrons. The van der Waals surface area contributed by atoms with Gasteiger partial charge in [0.05, 0.1) is 24.7 Å². The van der Waals surface area contributed by atoms with E-state index in [0.29, 0.717) is 30.1 Å². The molecule has 0 aliphatic carbocycles. The van der Waals surface area contributed by atoms with Crippen LogP contribution in [0.2, 0.25) is 5.02 Å². The van der Waals surface area contributed by atoms with E-state index < -0.39 is 10.0 Å². The van der Waals surface area contributed by atoms with Gasteiger partial charge in [-0.25, -0.2) is 17.7 Å². The summed E-state index contributed by atoms with van der Waals surface area (Å²) in [5.74, 6) is 1.22. The maximum Gasteiger partial charge on any atom is 0.244 e. The number of nitrogens with one attached hydrogen (secondary N) is 2. The van der Waals surface area contributed by atoms with Crippen LogP contribution >= 0.6 is 11.6 Å². The van der Waals surface area contributed by atoms with E-state index in [1.54, 1.807) is 38.4 Å². The van der Waals surface area contributed by atoms with Crippen LogP contribution in [0.1, 0.15) is 13.3 Å². The highest BCUT2D eigenvalue weighted by atomic mass is 35.5. The molecular formula is C26H34ClN7O3S. The molecule has 1 fully saturated rings.